The topological polar surface area (TPSA) is 198 Å². The highest BCUT2D eigenvalue weighted by molar-refractivity contribution is 5.85. The molecule has 11 heteroatoms. The van der Waals surface area contributed by atoms with Crippen LogP contribution in [0.3, 0.4) is 0 Å². The van der Waals surface area contributed by atoms with Crippen molar-refractivity contribution in [1.82, 2.24) is 5.32 Å². The minimum atomic E-state index is -2.44. The number of nitrogens with two attached hydrogens (primary N) is 1. The lowest BCUT2D eigenvalue weighted by Crippen LogP contribution is -2.88. The summed E-state index contributed by atoms with van der Waals surface area (Å²) in [5.74, 6) is -3.09. The lowest BCUT2D eigenvalue weighted by atomic mass is 9.57. The van der Waals surface area contributed by atoms with E-state index >= 15 is 0 Å². The van der Waals surface area contributed by atoms with Crippen molar-refractivity contribution >= 4 is 11.9 Å². The van der Waals surface area contributed by atoms with E-state index in [9.17, 15) is 35.4 Å². The number of ether oxygens (including phenoxy) is 1. The Kier molecular flexibility index (Phi) is 3.15. The van der Waals surface area contributed by atoms with Crippen molar-refractivity contribution in [2.75, 3.05) is 6.61 Å². The molecule has 1 spiro atoms. The van der Waals surface area contributed by atoms with E-state index in [1.54, 1.807) is 0 Å². The van der Waals surface area contributed by atoms with Crippen LogP contribution in [0.1, 0.15) is 0 Å². The zero-order chi connectivity index (χ0) is 16.4. The smallest absolute Gasteiger partial charge is 0.338 e. The van der Waals surface area contributed by atoms with Gasteiger partial charge in [-0.15, -0.1) is 0 Å². The summed E-state index contributed by atoms with van der Waals surface area (Å²) < 4.78 is 4.76. The van der Waals surface area contributed by atoms with Crippen molar-refractivity contribution in [2.45, 2.75) is 41.8 Å². The number of fused-ring (bicyclic) bond motifs is 1. The van der Waals surface area contributed by atoms with Gasteiger partial charge < -0.3 is 46.4 Å². The van der Waals surface area contributed by atoms with Crippen LogP contribution in [-0.2, 0) is 9.53 Å². The Morgan fingerprint density at radius 2 is 1.91 bits per heavy atom. The maximum atomic E-state index is 11.9. The second kappa shape index (κ2) is 4.50. The van der Waals surface area contributed by atoms with E-state index < -0.39 is 60.3 Å². The molecule has 1 aliphatic carbocycles. The van der Waals surface area contributed by atoms with Gasteiger partial charge in [-0.2, -0.15) is 0 Å². The van der Waals surface area contributed by atoms with E-state index in [0.29, 0.717) is 0 Å². The number of aliphatic imine (C=N–C) groups is 1. The number of nitrogens with zero attached hydrogens (tertiary/aromatic N) is 1. The highest BCUT2D eigenvalue weighted by Crippen LogP contribution is 2.48. The van der Waals surface area contributed by atoms with Crippen molar-refractivity contribution in [3.05, 3.63) is 0 Å². The summed E-state index contributed by atoms with van der Waals surface area (Å²) in [6.07, 6.45) is -9.08. The van der Waals surface area contributed by atoms with Gasteiger partial charge in [0.25, 0.3) is 0 Å². The van der Waals surface area contributed by atoms with Gasteiger partial charge in [0.15, 0.2) is 30.0 Å². The Bertz CT molecular complexity index is 543. The number of nitrogens with one attached hydrogen (secondary N) is 1. The molecule has 0 amide bonds. The first-order valence-electron chi connectivity index (χ1n) is 6.57. The average Bonchev–Trinajstić information content (AvgIpc) is 2.46. The molecule has 11 nitrogen and oxygen atoms in total. The first-order valence-corrected chi connectivity index (χ1v) is 6.57. The molecule has 2 aliphatic heterocycles. The Morgan fingerprint density at radius 3 is 2.50 bits per heavy atom. The number of rotatable bonds is 1. The van der Waals surface area contributed by atoms with E-state index in [1.807, 2.05) is 0 Å². The Morgan fingerprint density at radius 1 is 1.27 bits per heavy atom. The van der Waals surface area contributed by atoms with Crippen LogP contribution in [0.5, 0.6) is 0 Å². The number of guanidine groups is 1. The SMILES string of the molecule is NC1=N[C@H](O)[C@H]2[C@@H](O)[C@@](O)(CO)[C@H]3OC(=O)[C@@H](O)[C@]2(N1)[C@@H]3O. The number of carbonyl (C=O) groups excluding carboxylic acids is 1. The van der Waals surface area contributed by atoms with Crippen LogP contribution in [0, 0.1) is 5.92 Å². The molecule has 3 rings (SSSR count). The zero-order valence-corrected chi connectivity index (χ0v) is 11.2. The van der Waals surface area contributed by atoms with Crippen molar-refractivity contribution in [1.29, 1.82) is 0 Å². The van der Waals surface area contributed by atoms with Crippen LogP contribution in [-0.4, -0.2) is 91.0 Å². The normalized spacial score (nSPS) is 53.9. The molecule has 0 aromatic heterocycles. The highest BCUT2D eigenvalue weighted by atomic mass is 16.6. The first-order chi connectivity index (χ1) is 10.2. The molecule has 9 N–H and O–H groups in total. The monoisotopic (exact) mass is 319 g/mol. The van der Waals surface area contributed by atoms with Crippen molar-refractivity contribution in [3.63, 3.8) is 0 Å². The second-order valence-corrected chi connectivity index (χ2v) is 5.81. The number of carbonyl (C=O) groups is 1. The minimum absolute atomic E-state index is 0.364. The lowest BCUT2D eigenvalue weighted by Gasteiger charge is -2.62. The Labute approximate surface area is 123 Å². The van der Waals surface area contributed by atoms with Crippen LogP contribution in [0.4, 0.5) is 0 Å². The van der Waals surface area contributed by atoms with E-state index in [2.05, 4.69) is 10.3 Å². The summed E-state index contributed by atoms with van der Waals surface area (Å²) >= 11 is 0. The molecule has 0 radical (unpaired) electrons. The predicted octanol–water partition coefficient (Wildman–Crippen LogP) is -5.68. The summed E-state index contributed by atoms with van der Waals surface area (Å²) in [4.78, 5) is 15.4. The average molecular weight is 319 g/mol. The zero-order valence-electron chi connectivity index (χ0n) is 11.2. The predicted molar refractivity (Wildman–Crippen MR) is 66.9 cm³/mol. The van der Waals surface area contributed by atoms with Crippen LogP contribution < -0.4 is 11.1 Å². The lowest BCUT2D eigenvalue weighted by molar-refractivity contribution is -0.309. The molecule has 3 aliphatic rings. The van der Waals surface area contributed by atoms with Crippen molar-refractivity contribution < 1.29 is 40.2 Å². The molecule has 1 saturated heterocycles. The molecule has 0 unspecified atom stereocenters. The standard InChI is InChI=1S/C11H17N3O8/c12-9-13-7(19)2-3(16)10(21,1-15)6-4(17)11(2,14-9)5(18)8(20)22-6/h2-7,15-19,21H,1H2,(H3,12,13,14)/t2-,3-,4-,5-,6+,7-,10+,11-/m1/s1. The van der Waals surface area contributed by atoms with Gasteiger partial charge in [-0.25, -0.2) is 9.79 Å². The number of aliphatic hydroxyl groups excluding tert-OH is 5. The van der Waals surface area contributed by atoms with Gasteiger partial charge in [-0.05, 0) is 0 Å². The third-order valence-electron chi connectivity index (χ3n) is 4.78. The van der Waals surface area contributed by atoms with Crippen LogP contribution in [0.25, 0.3) is 0 Å². The fraction of sp³-hybridized carbons (Fsp3) is 0.818. The van der Waals surface area contributed by atoms with Gasteiger partial charge in [0, 0.05) is 0 Å². The van der Waals surface area contributed by atoms with Gasteiger partial charge in [0.1, 0.15) is 11.6 Å². The highest BCUT2D eigenvalue weighted by Gasteiger charge is 2.75. The van der Waals surface area contributed by atoms with E-state index in [-0.39, 0.29) is 5.96 Å². The molecule has 2 bridgehead atoms. The third kappa shape index (κ3) is 1.55. The Balaban J connectivity index is 2.22. The minimum Gasteiger partial charge on any atom is -0.454 e. The summed E-state index contributed by atoms with van der Waals surface area (Å²) in [6, 6.07) is 0. The molecule has 8 atom stereocenters. The van der Waals surface area contributed by atoms with Crippen LogP contribution in [0.2, 0.25) is 0 Å². The number of esters is 1. The van der Waals surface area contributed by atoms with Gasteiger partial charge in [0.05, 0.1) is 18.6 Å². The van der Waals surface area contributed by atoms with Crippen LogP contribution >= 0.6 is 0 Å². The third-order valence-corrected chi connectivity index (χ3v) is 4.78. The van der Waals surface area contributed by atoms with Gasteiger partial charge in [0.2, 0.25) is 0 Å². The van der Waals surface area contributed by atoms with Gasteiger partial charge >= 0.3 is 5.97 Å². The Hall–Kier alpha value is -1.50. The van der Waals surface area contributed by atoms with Crippen molar-refractivity contribution in [3.8, 4) is 0 Å². The quantitative estimate of drug-likeness (QED) is 0.215. The fourth-order valence-corrected chi connectivity index (χ4v) is 3.65. The molecule has 22 heavy (non-hydrogen) atoms. The van der Waals surface area contributed by atoms with E-state index in [1.165, 1.54) is 0 Å². The molecule has 124 valence electrons. The molecule has 2 fully saturated rings. The maximum absolute atomic E-state index is 11.9. The molecule has 1 saturated carbocycles. The summed E-state index contributed by atoms with van der Waals surface area (Å²) in [6.45, 7) is -1.06. The second-order valence-electron chi connectivity index (χ2n) is 5.81. The first kappa shape index (κ1) is 15.4. The molecule has 2 heterocycles. The molecule has 0 aromatic rings. The van der Waals surface area contributed by atoms with Gasteiger partial charge in [-0.3, -0.25) is 0 Å². The number of hydrogen-bond donors (Lipinski definition) is 8. The van der Waals surface area contributed by atoms with Crippen molar-refractivity contribution in [2.24, 2.45) is 16.6 Å². The summed E-state index contributed by atoms with van der Waals surface area (Å²) in [5.41, 5.74) is 1.04. The van der Waals surface area contributed by atoms with Gasteiger partial charge in [-0.1, -0.05) is 0 Å². The van der Waals surface area contributed by atoms with E-state index in [0.717, 1.165) is 0 Å². The largest absolute Gasteiger partial charge is 0.454 e. The number of aliphatic hydroxyl groups is 6. The van der Waals surface area contributed by atoms with E-state index in [4.69, 9.17) is 10.5 Å². The number of hydrogen-bond acceptors (Lipinski definition) is 11. The fourth-order valence-electron chi connectivity index (χ4n) is 3.65. The molecule has 0 aromatic carbocycles. The summed E-state index contributed by atoms with van der Waals surface area (Å²) in [7, 11) is 0. The molecular formula is C11H17N3O8. The van der Waals surface area contributed by atoms with Crippen LogP contribution in [0.15, 0.2) is 4.99 Å². The maximum Gasteiger partial charge on any atom is 0.338 e. The molecular weight excluding hydrogens is 302 g/mol. The summed E-state index contributed by atoms with van der Waals surface area (Å²) in [5, 5.41) is 63.3.